The number of anilines is 1. The van der Waals surface area contributed by atoms with Crippen molar-refractivity contribution in [1.29, 1.82) is 0 Å². The molecular weight excluding hydrogens is 454 g/mol. The molecule has 0 unspecified atom stereocenters. The van der Waals surface area contributed by atoms with Crippen LogP contribution in [0.4, 0.5) is 5.69 Å². The predicted molar refractivity (Wildman–Crippen MR) is 134 cm³/mol. The summed E-state index contributed by atoms with van der Waals surface area (Å²) in [6, 6.07) is 18.5. The van der Waals surface area contributed by atoms with E-state index in [1.165, 1.54) is 4.88 Å². The van der Waals surface area contributed by atoms with Gasteiger partial charge in [0.2, 0.25) is 10.0 Å². The summed E-state index contributed by atoms with van der Waals surface area (Å²) < 4.78 is 28.3. The standard InChI is InChI=1S/C25H29N3O3S2/c1-19-8-10-22(11-9-19)33(30,31)27-20-13-16-28(17-14-20)24-7-3-2-6-23(24)25(29)26-15-12-21-5-4-18-32-21/h2-11,18,20,27H,12-17H2,1H3,(H,26,29). The summed E-state index contributed by atoms with van der Waals surface area (Å²) in [5, 5.41) is 5.07. The molecule has 4 rings (SSSR count). The predicted octanol–water partition coefficient (Wildman–Crippen LogP) is 3.98. The summed E-state index contributed by atoms with van der Waals surface area (Å²) in [6.45, 7) is 3.89. The maximum Gasteiger partial charge on any atom is 0.253 e. The van der Waals surface area contributed by atoms with Gasteiger partial charge in [0.25, 0.3) is 5.91 Å². The number of carbonyl (C=O) groups is 1. The van der Waals surface area contributed by atoms with Crippen molar-refractivity contribution in [2.45, 2.75) is 37.1 Å². The van der Waals surface area contributed by atoms with Gasteiger partial charge in [0.1, 0.15) is 0 Å². The molecule has 174 valence electrons. The number of aryl methyl sites for hydroxylation is 1. The second-order valence-corrected chi connectivity index (χ2v) is 11.0. The fourth-order valence-corrected chi connectivity index (χ4v) is 6.05. The third-order valence-electron chi connectivity index (χ3n) is 5.87. The van der Waals surface area contributed by atoms with Gasteiger partial charge < -0.3 is 10.2 Å². The van der Waals surface area contributed by atoms with Crippen LogP contribution in [0.5, 0.6) is 0 Å². The second-order valence-electron chi connectivity index (χ2n) is 8.30. The van der Waals surface area contributed by atoms with Crippen LogP contribution >= 0.6 is 11.3 Å². The Kier molecular flexibility index (Phi) is 7.47. The van der Waals surface area contributed by atoms with Crippen LogP contribution in [-0.4, -0.2) is 40.0 Å². The number of sulfonamides is 1. The van der Waals surface area contributed by atoms with Crippen molar-refractivity contribution < 1.29 is 13.2 Å². The van der Waals surface area contributed by atoms with E-state index >= 15 is 0 Å². The van der Waals surface area contributed by atoms with Crippen molar-refractivity contribution in [3.63, 3.8) is 0 Å². The first-order valence-electron chi connectivity index (χ1n) is 11.2. The first kappa shape index (κ1) is 23.5. The molecule has 0 spiro atoms. The lowest BCUT2D eigenvalue weighted by Gasteiger charge is -2.34. The van der Waals surface area contributed by atoms with Gasteiger partial charge in [-0.15, -0.1) is 11.3 Å². The van der Waals surface area contributed by atoms with Crippen LogP contribution in [0.25, 0.3) is 0 Å². The van der Waals surface area contributed by atoms with Crippen LogP contribution in [0.2, 0.25) is 0 Å². The summed E-state index contributed by atoms with van der Waals surface area (Å²) in [5.74, 6) is -0.0793. The molecule has 0 atom stereocenters. The number of carbonyl (C=O) groups excluding carboxylic acids is 1. The molecule has 1 aliphatic heterocycles. The molecule has 0 bridgehead atoms. The third kappa shape index (κ3) is 6.01. The zero-order valence-electron chi connectivity index (χ0n) is 18.7. The molecule has 1 aromatic heterocycles. The van der Waals surface area contributed by atoms with E-state index in [4.69, 9.17) is 0 Å². The molecule has 33 heavy (non-hydrogen) atoms. The molecule has 1 aliphatic rings. The number of hydrogen-bond donors (Lipinski definition) is 2. The minimum atomic E-state index is -3.54. The first-order valence-corrected chi connectivity index (χ1v) is 13.5. The van der Waals surface area contributed by atoms with Gasteiger partial charge in [-0.1, -0.05) is 35.9 Å². The van der Waals surface area contributed by atoms with Crippen molar-refractivity contribution in [3.8, 4) is 0 Å². The van der Waals surface area contributed by atoms with E-state index in [1.807, 2.05) is 42.6 Å². The van der Waals surface area contributed by atoms with Crippen LogP contribution in [0, 0.1) is 6.92 Å². The molecular formula is C25H29N3O3S2. The maximum atomic E-state index is 12.8. The number of hydrogen-bond acceptors (Lipinski definition) is 5. The Bertz CT molecular complexity index is 1170. The van der Waals surface area contributed by atoms with Crippen molar-refractivity contribution in [2.24, 2.45) is 0 Å². The lowest BCUT2D eigenvalue weighted by atomic mass is 10.0. The Morgan fingerprint density at radius 2 is 1.76 bits per heavy atom. The number of amides is 1. The fraction of sp³-hybridized carbons (Fsp3) is 0.320. The second kappa shape index (κ2) is 10.5. The van der Waals surface area contributed by atoms with E-state index in [2.05, 4.69) is 21.0 Å². The molecule has 2 N–H and O–H groups in total. The average Bonchev–Trinajstić information content (AvgIpc) is 3.33. The van der Waals surface area contributed by atoms with Gasteiger partial charge in [0, 0.05) is 36.2 Å². The molecule has 1 fully saturated rings. The largest absolute Gasteiger partial charge is 0.371 e. The van der Waals surface area contributed by atoms with Gasteiger partial charge in [-0.2, -0.15) is 0 Å². The fourth-order valence-electron chi connectivity index (χ4n) is 4.03. The van der Waals surface area contributed by atoms with Gasteiger partial charge in [-0.3, -0.25) is 4.79 Å². The number of piperidine rings is 1. The molecule has 0 aliphatic carbocycles. The lowest BCUT2D eigenvalue weighted by molar-refractivity contribution is 0.0954. The van der Waals surface area contributed by atoms with Crippen molar-refractivity contribution in [1.82, 2.24) is 10.0 Å². The van der Waals surface area contributed by atoms with Gasteiger partial charge in [-0.05, 0) is 61.9 Å². The van der Waals surface area contributed by atoms with Crippen LogP contribution in [0.15, 0.2) is 70.9 Å². The lowest BCUT2D eigenvalue weighted by Crippen LogP contribution is -2.45. The zero-order chi connectivity index (χ0) is 23.3. The van der Waals surface area contributed by atoms with Crippen molar-refractivity contribution in [3.05, 3.63) is 82.0 Å². The molecule has 2 aromatic carbocycles. The minimum Gasteiger partial charge on any atom is -0.371 e. The zero-order valence-corrected chi connectivity index (χ0v) is 20.3. The van der Waals surface area contributed by atoms with E-state index in [0.29, 0.717) is 42.9 Å². The van der Waals surface area contributed by atoms with Crippen LogP contribution in [0.1, 0.15) is 33.6 Å². The van der Waals surface area contributed by atoms with Crippen LogP contribution in [-0.2, 0) is 16.4 Å². The molecule has 0 radical (unpaired) electrons. The Labute approximate surface area is 199 Å². The maximum absolute atomic E-state index is 12.8. The summed E-state index contributed by atoms with van der Waals surface area (Å²) in [6.07, 6.45) is 2.18. The molecule has 8 heteroatoms. The highest BCUT2D eigenvalue weighted by atomic mass is 32.2. The summed E-state index contributed by atoms with van der Waals surface area (Å²) in [7, 11) is -3.54. The van der Waals surface area contributed by atoms with Gasteiger partial charge >= 0.3 is 0 Å². The Morgan fingerprint density at radius 1 is 1.03 bits per heavy atom. The van der Waals surface area contributed by atoms with Gasteiger partial charge in [0.05, 0.1) is 10.5 Å². The van der Waals surface area contributed by atoms with Gasteiger partial charge in [0.15, 0.2) is 0 Å². The quantitative estimate of drug-likeness (QED) is 0.508. The van der Waals surface area contributed by atoms with E-state index in [-0.39, 0.29) is 11.9 Å². The minimum absolute atomic E-state index is 0.0793. The number of para-hydroxylation sites is 1. The highest BCUT2D eigenvalue weighted by molar-refractivity contribution is 7.89. The number of rotatable bonds is 8. The average molecular weight is 484 g/mol. The van der Waals surface area contributed by atoms with E-state index in [1.54, 1.807) is 35.6 Å². The number of thiophene rings is 1. The van der Waals surface area contributed by atoms with Crippen molar-refractivity contribution >= 4 is 33.0 Å². The number of benzene rings is 2. The smallest absolute Gasteiger partial charge is 0.253 e. The Morgan fingerprint density at radius 3 is 2.45 bits per heavy atom. The first-order chi connectivity index (χ1) is 15.9. The van der Waals surface area contributed by atoms with E-state index in [0.717, 1.165) is 17.7 Å². The summed E-state index contributed by atoms with van der Waals surface area (Å²) >= 11 is 1.69. The molecule has 2 heterocycles. The number of nitrogens with zero attached hydrogens (tertiary/aromatic N) is 1. The van der Waals surface area contributed by atoms with E-state index < -0.39 is 10.0 Å². The Balaban J connectivity index is 1.35. The number of nitrogens with one attached hydrogen (secondary N) is 2. The highest BCUT2D eigenvalue weighted by Crippen LogP contribution is 2.25. The van der Waals surface area contributed by atoms with Crippen LogP contribution < -0.4 is 14.9 Å². The monoisotopic (exact) mass is 483 g/mol. The van der Waals surface area contributed by atoms with Crippen molar-refractivity contribution in [2.75, 3.05) is 24.5 Å². The van der Waals surface area contributed by atoms with Crippen LogP contribution in [0.3, 0.4) is 0 Å². The SMILES string of the molecule is Cc1ccc(S(=O)(=O)NC2CCN(c3ccccc3C(=O)NCCc3cccs3)CC2)cc1. The molecule has 1 amide bonds. The molecule has 0 saturated carbocycles. The third-order valence-corrected chi connectivity index (χ3v) is 8.35. The normalized spacial score (nSPS) is 14.9. The molecule has 6 nitrogen and oxygen atoms in total. The van der Waals surface area contributed by atoms with E-state index in [9.17, 15) is 13.2 Å². The molecule has 1 saturated heterocycles. The van der Waals surface area contributed by atoms with Gasteiger partial charge in [-0.25, -0.2) is 13.1 Å². The highest BCUT2D eigenvalue weighted by Gasteiger charge is 2.26. The summed E-state index contributed by atoms with van der Waals surface area (Å²) in [4.78, 5) is 16.6. The topological polar surface area (TPSA) is 78.5 Å². The summed E-state index contributed by atoms with van der Waals surface area (Å²) in [5.41, 5.74) is 2.57. The molecule has 3 aromatic rings. The Hall–Kier alpha value is -2.68.